The van der Waals surface area contributed by atoms with Gasteiger partial charge in [0.25, 0.3) is 0 Å². The van der Waals surface area contributed by atoms with Gasteiger partial charge >= 0.3 is 7.82 Å². The van der Waals surface area contributed by atoms with Crippen LogP contribution >= 0.6 is 7.82 Å². The van der Waals surface area contributed by atoms with Crippen molar-refractivity contribution >= 4 is 7.82 Å². The molecule has 2 rings (SSSR count). The molecule has 2 atom stereocenters. The van der Waals surface area contributed by atoms with Gasteiger partial charge in [0, 0.05) is 0 Å². The van der Waals surface area contributed by atoms with Crippen molar-refractivity contribution in [3.8, 4) is 0 Å². The molecule has 39 heavy (non-hydrogen) atoms. The largest absolute Gasteiger partial charge is 0.499 e. The summed E-state index contributed by atoms with van der Waals surface area (Å²) in [5.41, 5.74) is 2.91. The molecule has 0 fully saturated rings. The van der Waals surface area contributed by atoms with E-state index in [9.17, 15) is 9.46 Å². The Labute approximate surface area is 238 Å². The number of hydrogen-bond donors (Lipinski definition) is 1. The van der Waals surface area contributed by atoms with Gasteiger partial charge in [-0.15, -0.1) is 4.67 Å². The van der Waals surface area contributed by atoms with E-state index in [1.807, 2.05) is 13.8 Å². The third-order valence-corrected chi connectivity index (χ3v) is 8.09. The highest BCUT2D eigenvalue weighted by atomic mass is 31.2. The average molecular weight is 561 g/mol. The van der Waals surface area contributed by atoms with E-state index in [0.29, 0.717) is 12.3 Å². The Morgan fingerprint density at radius 1 is 0.692 bits per heavy atom. The summed E-state index contributed by atoms with van der Waals surface area (Å²) in [4.78, 5) is 14.8. The van der Waals surface area contributed by atoms with E-state index in [2.05, 4.69) is 60.7 Å². The van der Waals surface area contributed by atoms with Gasteiger partial charge in [0.15, 0.2) is 0 Å². The fourth-order valence-corrected chi connectivity index (χ4v) is 5.74. The van der Waals surface area contributed by atoms with Gasteiger partial charge in [0.1, 0.15) is 0 Å². The minimum Gasteiger partial charge on any atom is -0.301 e. The molecule has 0 saturated carbocycles. The molecule has 0 heterocycles. The summed E-state index contributed by atoms with van der Waals surface area (Å²) in [5.74, 6) is 0.710. The first-order chi connectivity index (χ1) is 19.0. The molecule has 0 saturated heterocycles. The Hall–Kier alpha value is -1.49. The zero-order valence-corrected chi connectivity index (χ0v) is 25.4. The van der Waals surface area contributed by atoms with Crippen molar-refractivity contribution < 1.29 is 23.5 Å². The van der Waals surface area contributed by atoms with Crippen LogP contribution in [0.25, 0.3) is 0 Å². The quantitative estimate of drug-likeness (QED) is 0.0599. The molecule has 0 aliphatic carbocycles. The maximum Gasteiger partial charge on any atom is 0.499 e. The van der Waals surface area contributed by atoms with E-state index in [1.54, 1.807) is 0 Å². The summed E-state index contributed by atoms with van der Waals surface area (Å²) < 4.78 is 21.2. The topological polar surface area (TPSA) is 65.0 Å². The van der Waals surface area contributed by atoms with Crippen LogP contribution in [0, 0.1) is 5.92 Å². The molecule has 2 aromatic carbocycles. The van der Waals surface area contributed by atoms with E-state index in [1.165, 1.54) is 81.8 Å². The maximum atomic E-state index is 11.7. The molecule has 1 N–H and O–H groups in total. The van der Waals surface area contributed by atoms with Gasteiger partial charge < -0.3 is 4.89 Å². The molecule has 0 bridgehead atoms. The van der Waals surface area contributed by atoms with Crippen LogP contribution in [0.2, 0.25) is 0 Å². The first-order valence-corrected chi connectivity index (χ1v) is 16.9. The van der Waals surface area contributed by atoms with Crippen molar-refractivity contribution in [2.24, 2.45) is 5.92 Å². The molecule has 0 radical (unpaired) electrons. The van der Waals surface area contributed by atoms with E-state index < -0.39 is 7.82 Å². The van der Waals surface area contributed by atoms with Crippen LogP contribution < -0.4 is 0 Å². The Balaban J connectivity index is 1.49. The highest BCUT2D eigenvalue weighted by Crippen LogP contribution is 2.44. The predicted octanol–water partition coefficient (Wildman–Crippen LogP) is 10.0. The second kappa shape index (κ2) is 21.3. The van der Waals surface area contributed by atoms with E-state index >= 15 is 0 Å². The zero-order valence-electron chi connectivity index (χ0n) is 24.5. The highest BCUT2D eigenvalue weighted by molar-refractivity contribution is 7.47. The molecule has 2 aromatic rings. The van der Waals surface area contributed by atoms with Crippen molar-refractivity contribution in [2.45, 2.75) is 123 Å². The van der Waals surface area contributed by atoms with Crippen LogP contribution in [-0.4, -0.2) is 17.6 Å². The summed E-state index contributed by atoms with van der Waals surface area (Å²) in [6.07, 6.45) is 18.4. The minimum absolute atomic E-state index is 0.171. The van der Waals surface area contributed by atoms with Gasteiger partial charge in [-0.2, -0.15) is 0 Å². The van der Waals surface area contributed by atoms with Crippen LogP contribution in [0.4, 0.5) is 0 Å². The number of hydrogen-bond acceptors (Lipinski definition) is 4. The first kappa shape index (κ1) is 33.7. The van der Waals surface area contributed by atoms with Crippen molar-refractivity contribution in [3.63, 3.8) is 0 Å². The van der Waals surface area contributed by atoms with Crippen molar-refractivity contribution in [1.82, 2.24) is 0 Å². The zero-order chi connectivity index (χ0) is 28.0. The monoisotopic (exact) mass is 560 g/mol. The summed E-state index contributed by atoms with van der Waals surface area (Å²) in [7, 11) is -4.10. The Morgan fingerprint density at radius 3 is 1.62 bits per heavy atom. The lowest BCUT2D eigenvalue weighted by Crippen LogP contribution is -2.12. The number of phosphoric ester groups is 1. The summed E-state index contributed by atoms with van der Waals surface area (Å²) in [6.45, 7) is 4.04. The second-order valence-electron chi connectivity index (χ2n) is 10.9. The van der Waals surface area contributed by atoms with Crippen molar-refractivity contribution in [3.05, 3.63) is 71.8 Å². The minimum atomic E-state index is -4.10. The summed E-state index contributed by atoms with van der Waals surface area (Å²) >= 11 is 0. The fourth-order valence-electron chi connectivity index (χ4n) is 5.05. The lowest BCUT2D eigenvalue weighted by molar-refractivity contribution is -0.261. The normalized spacial score (nSPS) is 13.9. The van der Waals surface area contributed by atoms with Crippen molar-refractivity contribution in [1.29, 1.82) is 0 Å². The number of benzene rings is 2. The predicted molar refractivity (Wildman–Crippen MR) is 162 cm³/mol. The Bertz CT molecular complexity index is 835. The van der Waals surface area contributed by atoms with Gasteiger partial charge in [-0.05, 0) is 55.6 Å². The standard InChI is InChI=1S/C33H53O5P/c1-3-27-36-39(34,35)38-37-33(4-2)26-20-12-10-8-6-5-7-9-11-15-25-32(28-30-21-16-13-17-22-30)29-31-23-18-14-19-24-31/h13-14,16-19,21-24,32-33H,3-12,15,20,25-29H2,1-2H3,(H,34,35). The van der Waals surface area contributed by atoms with Gasteiger partial charge in [0.05, 0.1) is 12.7 Å². The summed E-state index contributed by atoms with van der Waals surface area (Å²) in [5, 5.41) is 0. The third kappa shape index (κ3) is 17.0. The SMILES string of the molecule is CCCOP(=O)(O)OOC(CC)CCCCCCCCCCCCC(Cc1ccccc1)Cc1ccccc1. The van der Waals surface area contributed by atoms with E-state index in [4.69, 9.17) is 14.1 Å². The number of unbranched alkanes of at least 4 members (excludes halogenated alkanes) is 9. The van der Waals surface area contributed by atoms with Crippen LogP contribution in [0.1, 0.15) is 115 Å². The van der Waals surface area contributed by atoms with Crippen LogP contribution in [0.5, 0.6) is 0 Å². The van der Waals surface area contributed by atoms with E-state index in [-0.39, 0.29) is 12.7 Å². The number of phosphoric acid groups is 1. The highest BCUT2D eigenvalue weighted by Gasteiger charge is 2.24. The van der Waals surface area contributed by atoms with Crippen LogP contribution in [-0.2, 0) is 31.5 Å². The molecule has 5 nitrogen and oxygen atoms in total. The molecule has 6 heteroatoms. The van der Waals surface area contributed by atoms with Gasteiger partial charge in [-0.25, -0.2) is 9.45 Å². The fraction of sp³-hybridized carbons (Fsp3) is 0.636. The van der Waals surface area contributed by atoms with Crippen LogP contribution in [0.3, 0.4) is 0 Å². The van der Waals surface area contributed by atoms with E-state index in [0.717, 1.165) is 25.7 Å². The van der Waals surface area contributed by atoms with Gasteiger partial charge in [-0.3, -0.25) is 4.52 Å². The molecular formula is C33H53O5P. The van der Waals surface area contributed by atoms with Gasteiger partial charge in [0.2, 0.25) is 0 Å². The molecule has 0 amide bonds. The Kier molecular flexibility index (Phi) is 18.4. The molecule has 2 unspecified atom stereocenters. The molecule has 0 aliphatic heterocycles. The lowest BCUT2D eigenvalue weighted by Gasteiger charge is -2.17. The molecule has 0 aromatic heterocycles. The van der Waals surface area contributed by atoms with Crippen LogP contribution in [0.15, 0.2) is 60.7 Å². The molecular weight excluding hydrogens is 507 g/mol. The second-order valence-corrected chi connectivity index (χ2v) is 12.2. The third-order valence-electron chi connectivity index (χ3n) is 7.31. The summed E-state index contributed by atoms with van der Waals surface area (Å²) in [6, 6.07) is 21.9. The molecule has 220 valence electrons. The van der Waals surface area contributed by atoms with Gasteiger partial charge in [-0.1, -0.05) is 139 Å². The molecule has 0 spiro atoms. The maximum absolute atomic E-state index is 11.7. The Morgan fingerprint density at radius 2 is 1.15 bits per heavy atom. The molecule has 0 aliphatic rings. The average Bonchev–Trinajstić information content (AvgIpc) is 2.95. The van der Waals surface area contributed by atoms with Crippen molar-refractivity contribution in [2.75, 3.05) is 6.61 Å². The smallest absolute Gasteiger partial charge is 0.301 e. The lowest BCUT2D eigenvalue weighted by atomic mass is 9.88. The first-order valence-electron chi connectivity index (χ1n) is 15.4. The number of rotatable bonds is 24.